The van der Waals surface area contributed by atoms with Crippen molar-refractivity contribution in [3.05, 3.63) is 39.0 Å². The first-order chi connectivity index (χ1) is 7.61. The van der Waals surface area contributed by atoms with Crippen LogP contribution in [0.3, 0.4) is 0 Å². The molecular formula is C10H9BrFN3O. The molecule has 0 aliphatic carbocycles. The van der Waals surface area contributed by atoms with Gasteiger partial charge in [0.15, 0.2) is 5.82 Å². The molecule has 0 fully saturated rings. The van der Waals surface area contributed by atoms with Crippen molar-refractivity contribution in [3.8, 4) is 11.4 Å². The minimum absolute atomic E-state index is 0.146. The number of pyridine rings is 1. The number of rotatable bonds is 2. The number of hydrogen-bond donors (Lipinski definition) is 1. The molecule has 0 aliphatic heterocycles. The van der Waals surface area contributed by atoms with Gasteiger partial charge in [-0.1, -0.05) is 0 Å². The molecule has 4 nitrogen and oxygen atoms in total. The molecule has 0 aliphatic rings. The van der Waals surface area contributed by atoms with E-state index >= 15 is 0 Å². The number of hydrogen-bond acceptors (Lipinski definition) is 2. The summed E-state index contributed by atoms with van der Waals surface area (Å²) < 4.78 is 15.5. The van der Waals surface area contributed by atoms with Crippen LogP contribution in [-0.2, 0) is 6.54 Å². The van der Waals surface area contributed by atoms with Gasteiger partial charge in [0.05, 0.1) is 5.69 Å². The van der Waals surface area contributed by atoms with Crippen molar-refractivity contribution in [2.24, 2.45) is 0 Å². The van der Waals surface area contributed by atoms with E-state index in [1.165, 1.54) is 23.0 Å². The zero-order valence-corrected chi connectivity index (χ0v) is 10.1. The van der Waals surface area contributed by atoms with E-state index in [-0.39, 0.29) is 11.3 Å². The van der Waals surface area contributed by atoms with Gasteiger partial charge in [0.2, 0.25) is 0 Å². The van der Waals surface area contributed by atoms with E-state index in [2.05, 4.69) is 26.0 Å². The highest BCUT2D eigenvalue weighted by Gasteiger charge is 2.10. The van der Waals surface area contributed by atoms with Gasteiger partial charge in [0.1, 0.15) is 5.69 Å². The zero-order valence-electron chi connectivity index (χ0n) is 8.50. The smallest absolute Gasteiger partial charge is 0.267 e. The lowest BCUT2D eigenvalue weighted by atomic mass is 10.2. The first kappa shape index (κ1) is 11.1. The fourth-order valence-electron chi connectivity index (χ4n) is 1.40. The summed E-state index contributed by atoms with van der Waals surface area (Å²) in [4.78, 5) is 15.3. The van der Waals surface area contributed by atoms with Crippen molar-refractivity contribution >= 4 is 15.9 Å². The van der Waals surface area contributed by atoms with E-state index in [0.29, 0.717) is 16.7 Å². The number of aromatic nitrogens is 3. The number of nitrogens with zero attached hydrogens (tertiary/aromatic N) is 2. The normalized spacial score (nSPS) is 10.7. The lowest BCUT2D eigenvalue weighted by molar-refractivity contribution is 0.617. The summed E-state index contributed by atoms with van der Waals surface area (Å²) in [5, 5.41) is 2.79. The molecule has 84 valence electrons. The Hall–Kier alpha value is -1.43. The SMILES string of the molecule is CCn1[nH]c(-c2ncc(Br)cc2F)cc1=O. The van der Waals surface area contributed by atoms with Gasteiger partial charge in [0.25, 0.3) is 5.56 Å². The van der Waals surface area contributed by atoms with E-state index in [1.807, 2.05) is 6.92 Å². The molecule has 0 saturated heterocycles. The van der Waals surface area contributed by atoms with Crippen molar-refractivity contribution in [2.45, 2.75) is 13.5 Å². The van der Waals surface area contributed by atoms with Crippen LogP contribution in [0.15, 0.2) is 27.6 Å². The van der Waals surface area contributed by atoms with Gasteiger partial charge in [-0.15, -0.1) is 0 Å². The Bertz CT molecular complexity index is 576. The molecule has 0 aromatic carbocycles. The molecule has 0 atom stereocenters. The van der Waals surface area contributed by atoms with Crippen LogP contribution in [0.1, 0.15) is 6.92 Å². The Morgan fingerprint density at radius 3 is 2.88 bits per heavy atom. The molecule has 2 heterocycles. The average Bonchev–Trinajstić information content (AvgIpc) is 2.59. The molecule has 2 aromatic heterocycles. The van der Waals surface area contributed by atoms with Crippen molar-refractivity contribution in [3.63, 3.8) is 0 Å². The first-order valence-electron chi connectivity index (χ1n) is 4.73. The molecule has 6 heteroatoms. The molecule has 0 radical (unpaired) electrons. The lowest BCUT2D eigenvalue weighted by Gasteiger charge is -2.00. The standard InChI is InChI=1S/C10H9BrFN3O/c1-2-15-9(16)4-8(14-15)10-7(12)3-6(11)5-13-10/h3-5,14H,2H2,1H3. The number of halogens is 2. The lowest BCUT2D eigenvalue weighted by Crippen LogP contribution is -2.13. The Morgan fingerprint density at radius 2 is 2.31 bits per heavy atom. The third-order valence-electron chi connectivity index (χ3n) is 2.17. The van der Waals surface area contributed by atoms with Gasteiger partial charge < -0.3 is 0 Å². The second-order valence-corrected chi connectivity index (χ2v) is 4.15. The van der Waals surface area contributed by atoms with Crippen LogP contribution in [0.25, 0.3) is 11.4 Å². The maximum absolute atomic E-state index is 13.6. The van der Waals surface area contributed by atoms with Crippen LogP contribution in [0.4, 0.5) is 4.39 Å². The second kappa shape index (κ2) is 4.21. The van der Waals surface area contributed by atoms with Crippen molar-refractivity contribution in [2.75, 3.05) is 0 Å². The van der Waals surface area contributed by atoms with E-state index in [9.17, 15) is 9.18 Å². The van der Waals surface area contributed by atoms with E-state index < -0.39 is 5.82 Å². The van der Waals surface area contributed by atoms with Gasteiger partial charge in [0, 0.05) is 23.3 Å². The summed E-state index contributed by atoms with van der Waals surface area (Å²) >= 11 is 3.12. The molecule has 0 bridgehead atoms. The third-order valence-corrected chi connectivity index (χ3v) is 2.60. The van der Waals surface area contributed by atoms with Gasteiger partial charge in [-0.2, -0.15) is 0 Å². The van der Waals surface area contributed by atoms with Crippen LogP contribution < -0.4 is 5.56 Å². The minimum Gasteiger partial charge on any atom is -0.293 e. The topological polar surface area (TPSA) is 50.7 Å². The molecule has 16 heavy (non-hydrogen) atoms. The largest absolute Gasteiger partial charge is 0.293 e. The van der Waals surface area contributed by atoms with Crippen LogP contribution in [0.2, 0.25) is 0 Å². The molecule has 2 aromatic rings. The monoisotopic (exact) mass is 285 g/mol. The summed E-state index contributed by atoms with van der Waals surface area (Å²) in [6, 6.07) is 2.65. The van der Waals surface area contributed by atoms with Crippen LogP contribution >= 0.6 is 15.9 Å². The maximum atomic E-state index is 13.6. The summed E-state index contributed by atoms with van der Waals surface area (Å²) in [6.45, 7) is 2.34. The second-order valence-electron chi connectivity index (χ2n) is 3.24. The van der Waals surface area contributed by atoms with Crippen molar-refractivity contribution < 1.29 is 4.39 Å². The summed E-state index contributed by atoms with van der Waals surface area (Å²) in [5.74, 6) is -0.473. The number of aryl methyl sites for hydroxylation is 1. The highest BCUT2D eigenvalue weighted by molar-refractivity contribution is 9.10. The summed E-state index contributed by atoms with van der Waals surface area (Å²) in [5.41, 5.74) is 0.339. The fraction of sp³-hybridized carbons (Fsp3) is 0.200. The number of H-pyrrole nitrogens is 1. The molecule has 0 spiro atoms. The molecule has 2 rings (SSSR count). The van der Waals surface area contributed by atoms with Crippen molar-refractivity contribution in [1.82, 2.24) is 14.8 Å². The Labute approximate surface area is 99.2 Å². The van der Waals surface area contributed by atoms with Crippen LogP contribution in [0.5, 0.6) is 0 Å². The maximum Gasteiger partial charge on any atom is 0.267 e. The van der Waals surface area contributed by atoms with Crippen LogP contribution in [0, 0.1) is 5.82 Å². The Kier molecular flexibility index (Phi) is 2.91. The molecule has 0 amide bonds. The molecule has 0 unspecified atom stereocenters. The molecule has 0 saturated carbocycles. The average molecular weight is 286 g/mol. The number of nitrogens with one attached hydrogen (secondary N) is 1. The third kappa shape index (κ3) is 1.92. The summed E-state index contributed by atoms with van der Waals surface area (Å²) in [6.07, 6.45) is 1.49. The highest BCUT2D eigenvalue weighted by Crippen LogP contribution is 2.19. The molecule has 1 N–H and O–H groups in total. The minimum atomic E-state index is -0.473. The molecular weight excluding hydrogens is 277 g/mol. The zero-order chi connectivity index (χ0) is 11.7. The van der Waals surface area contributed by atoms with Gasteiger partial charge in [-0.25, -0.2) is 4.39 Å². The van der Waals surface area contributed by atoms with E-state index in [4.69, 9.17) is 0 Å². The highest BCUT2D eigenvalue weighted by atomic mass is 79.9. The quantitative estimate of drug-likeness (QED) is 0.919. The van der Waals surface area contributed by atoms with Gasteiger partial charge >= 0.3 is 0 Å². The van der Waals surface area contributed by atoms with Crippen molar-refractivity contribution in [1.29, 1.82) is 0 Å². The van der Waals surface area contributed by atoms with Gasteiger partial charge in [-0.05, 0) is 28.9 Å². The predicted octanol–water partition coefficient (Wildman–Crippen LogP) is 2.16. The first-order valence-corrected chi connectivity index (χ1v) is 5.52. The van der Waals surface area contributed by atoms with Crippen LogP contribution in [-0.4, -0.2) is 14.8 Å². The Balaban J connectivity index is 2.54. The Morgan fingerprint density at radius 1 is 1.56 bits per heavy atom. The fourth-order valence-corrected chi connectivity index (χ4v) is 1.71. The number of aromatic amines is 1. The van der Waals surface area contributed by atoms with Gasteiger partial charge in [-0.3, -0.25) is 19.6 Å². The predicted molar refractivity (Wildman–Crippen MR) is 61.6 cm³/mol. The summed E-state index contributed by atoms with van der Waals surface area (Å²) in [7, 11) is 0. The van der Waals surface area contributed by atoms with E-state index in [1.54, 1.807) is 0 Å². The van der Waals surface area contributed by atoms with E-state index in [0.717, 1.165) is 0 Å².